The SMILES string of the molecule is CS(=O)(=O)c1ccc(Oc2cc3nc(-c4cnccn4)[nH]c3cc2Cn2c(O)ccc2O)cc1. The van der Waals surface area contributed by atoms with Crippen molar-refractivity contribution in [1.29, 1.82) is 0 Å². The van der Waals surface area contributed by atoms with Crippen LogP contribution in [0.2, 0.25) is 0 Å². The van der Waals surface area contributed by atoms with Crippen LogP contribution in [-0.4, -0.2) is 49.4 Å². The molecule has 2 aromatic carbocycles. The predicted octanol–water partition coefficient (Wildman–Crippen LogP) is 3.48. The summed E-state index contributed by atoms with van der Waals surface area (Å²) in [4.78, 5) is 16.3. The number of imidazole rings is 1. The summed E-state index contributed by atoms with van der Waals surface area (Å²) in [5.74, 6) is 1.15. The smallest absolute Gasteiger partial charge is 0.194 e. The molecule has 0 saturated heterocycles. The summed E-state index contributed by atoms with van der Waals surface area (Å²) >= 11 is 0. The van der Waals surface area contributed by atoms with Gasteiger partial charge in [0.2, 0.25) is 0 Å². The fourth-order valence-corrected chi connectivity index (χ4v) is 4.13. The number of aromatic amines is 1. The summed E-state index contributed by atoms with van der Waals surface area (Å²) in [6.07, 6.45) is 5.87. The molecule has 0 radical (unpaired) electrons. The fourth-order valence-electron chi connectivity index (χ4n) is 3.50. The highest BCUT2D eigenvalue weighted by Crippen LogP contribution is 2.33. The molecule has 0 atom stereocenters. The van der Waals surface area contributed by atoms with Crippen LogP contribution in [0.3, 0.4) is 0 Å². The number of H-pyrrole nitrogens is 1. The van der Waals surface area contributed by atoms with Gasteiger partial charge in [0.1, 0.15) is 17.2 Å². The first-order valence-corrected chi connectivity index (χ1v) is 12.0. The number of aromatic hydroxyl groups is 2. The van der Waals surface area contributed by atoms with Crippen LogP contribution in [-0.2, 0) is 16.4 Å². The number of nitrogens with one attached hydrogen (secondary N) is 1. The van der Waals surface area contributed by atoms with Gasteiger partial charge in [-0.2, -0.15) is 0 Å². The topological polar surface area (TPSA) is 143 Å². The van der Waals surface area contributed by atoms with Crippen molar-refractivity contribution in [3.63, 3.8) is 0 Å². The molecule has 0 saturated carbocycles. The molecular formula is C23H19N5O5S. The lowest BCUT2D eigenvalue weighted by Gasteiger charge is -2.14. The maximum atomic E-state index is 11.8. The number of ether oxygens (including phenoxy) is 1. The number of aromatic nitrogens is 5. The molecule has 0 aliphatic rings. The second-order valence-electron chi connectivity index (χ2n) is 7.63. The average Bonchev–Trinajstić information content (AvgIpc) is 3.37. The van der Waals surface area contributed by atoms with Gasteiger partial charge in [0.05, 0.1) is 28.7 Å². The van der Waals surface area contributed by atoms with Crippen LogP contribution in [0.5, 0.6) is 23.3 Å². The maximum Gasteiger partial charge on any atom is 0.194 e. The van der Waals surface area contributed by atoms with Gasteiger partial charge in [-0.3, -0.25) is 9.55 Å². The summed E-state index contributed by atoms with van der Waals surface area (Å²) in [7, 11) is -3.34. The van der Waals surface area contributed by atoms with Crippen molar-refractivity contribution in [3.8, 4) is 34.8 Å². The summed E-state index contributed by atoms with van der Waals surface area (Å²) in [6.45, 7) is 0.108. The molecule has 0 spiro atoms. The van der Waals surface area contributed by atoms with Crippen molar-refractivity contribution < 1.29 is 23.4 Å². The zero-order valence-corrected chi connectivity index (χ0v) is 18.7. The van der Waals surface area contributed by atoms with E-state index in [1.54, 1.807) is 42.9 Å². The Hall–Kier alpha value is -4.38. The Morgan fingerprint density at radius 3 is 2.41 bits per heavy atom. The van der Waals surface area contributed by atoms with Gasteiger partial charge in [0.25, 0.3) is 0 Å². The molecule has 34 heavy (non-hydrogen) atoms. The molecule has 3 N–H and O–H groups in total. The molecule has 0 bridgehead atoms. The second kappa shape index (κ2) is 8.19. The van der Waals surface area contributed by atoms with E-state index in [1.807, 2.05) is 0 Å². The first-order chi connectivity index (χ1) is 16.3. The first-order valence-electron chi connectivity index (χ1n) is 10.1. The lowest BCUT2D eigenvalue weighted by atomic mass is 10.1. The predicted molar refractivity (Wildman–Crippen MR) is 124 cm³/mol. The molecule has 3 aromatic heterocycles. The van der Waals surface area contributed by atoms with E-state index in [9.17, 15) is 18.6 Å². The normalized spacial score (nSPS) is 11.7. The highest BCUT2D eigenvalue weighted by molar-refractivity contribution is 7.90. The lowest BCUT2D eigenvalue weighted by Crippen LogP contribution is -2.01. The minimum absolute atomic E-state index is 0.106. The zero-order chi connectivity index (χ0) is 23.9. The average molecular weight is 478 g/mol. The van der Waals surface area contributed by atoms with Gasteiger partial charge in [0.15, 0.2) is 27.4 Å². The largest absolute Gasteiger partial charge is 0.494 e. The van der Waals surface area contributed by atoms with E-state index in [4.69, 9.17) is 4.74 Å². The molecule has 0 aliphatic heterocycles. The summed E-state index contributed by atoms with van der Waals surface area (Å²) in [5.41, 5.74) is 2.50. The second-order valence-corrected chi connectivity index (χ2v) is 9.65. The van der Waals surface area contributed by atoms with Crippen LogP contribution in [0.15, 0.2) is 72.0 Å². The van der Waals surface area contributed by atoms with Gasteiger partial charge in [0, 0.05) is 42.4 Å². The molecular weight excluding hydrogens is 458 g/mol. The van der Waals surface area contributed by atoms with Crippen molar-refractivity contribution in [1.82, 2.24) is 24.5 Å². The third kappa shape index (κ3) is 4.16. The quantitative estimate of drug-likeness (QED) is 0.337. The number of hydrogen-bond donors (Lipinski definition) is 3. The number of nitrogens with zero attached hydrogens (tertiary/aromatic N) is 4. The summed E-state index contributed by atoms with van der Waals surface area (Å²) in [6, 6.07) is 12.4. The number of fused-ring (bicyclic) bond motifs is 1. The highest BCUT2D eigenvalue weighted by atomic mass is 32.2. The van der Waals surface area contributed by atoms with Crippen LogP contribution in [0.1, 0.15) is 5.56 Å². The number of benzene rings is 2. The third-order valence-corrected chi connectivity index (χ3v) is 6.34. The molecule has 0 unspecified atom stereocenters. The van der Waals surface area contributed by atoms with Gasteiger partial charge in [-0.25, -0.2) is 18.4 Å². The molecule has 172 valence electrons. The van der Waals surface area contributed by atoms with E-state index in [-0.39, 0.29) is 23.2 Å². The Kier molecular flexibility index (Phi) is 5.17. The van der Waals surface area contributed by atoms with Gasteiger partial charge in [-0.1, -0.05) is 0 Å². The maximum absolute atomic E-state index is 11.8. The molecule has 0 aliphatic carbocycles. The van der Waals surface area contributed by atoms with E-state index in [2.05, 4.69) is 19.9 Å². The summed E-state index contributed by atoms with van der Waals surface area (Å²) < 4.78 is 30.9. The van der Waals surface area contributed by atoms with E-state index < -0.39 is 9.84 Å². The van der Waals surface area contributed by atoms with E-state index >= 15 is 0 Å². The highest BCUT2D eigenvalue weighted by Gasteiger charge is 2.16. The Morgan fingerprint density at radius 1 is 1.03 bits per heavy atom. The van der Waals surface area contributed by atoms with Crippen molar-refractivity contribution in [3.05, 3.63) is 72.7 Å². The van der Waals surface area contributed by atoms with Crippen LogP contribution in [0.4, 0.5) is 0 Å². The molecule has 5 rings (SSSR count). The first kappa shape index (κ1) is 21.5. The van der Waals surface area contributed by atoms with Crippen molar-refractivity contribution in [2.45, 2.75) is 11.4 Å². The van der Waals surface area contributed by atoms with Crippen molar-refractivity contribution in [2.24, 2.45) is 0 Å². The van der Waals surface area contributed by atoms with Crippen LogP contribution in [0, 0.1) is 0 Å². The fraction of sp³-hybridized carbons (Fsp3) is 0.0870. The van der Waals surface area contributed by atoms with E-state index in [0.29, 0.717) is 39.6 Å². The zero-order valence-electron chi connectivity index (χ0n) is 17.9. The molecule has 3 heterocycles. The Morgan fingerprint density at radius 2 is 1.76 bits per heavy atom. The number of sulfone groups is 1. The van der Waals surface area contributed by atoms with E-state index in [1.165, 1.54) is 28.8 Å². The Bertz CT molecular complexity index is 1570. The minimum atomic E-state index is -3.34. The van der Waals surface area contributed by atoms with Crippen LogP contribution in [0.25, 0.3) is 22.6 Å². The van der Waals surface area contributed by atoms with Gasteiger partial charge in [-0.05, 0) is 30.3 Å². The van der Waals surface area contributed by atoms with E-state index in [0.717, 1.165) is 6.26 Å². The van der Waals surface area contributed by atoms with Gasteiger partial charge >= 0.3 is 0 Å². The molecule has 0 fully saturated rings. The monoisotopic (exact) mass is 477 g/mol. The molecule has 5 aromatic rings. The van der Waals surface area contributed by atoms with Gasteiger partial charge < -0.3 is 19.9 Å². The van der Waals surface area contributed by atoms with Crippen molar-refractivity contribution in [2.75, 3.05) is 6.26 Å². The Labute approximate surface area is 194 Å². The van der Waals surface area contributed by atoms with Crippen molar-refractivity contribution >= 4 is 20.9 Å². The van der Waals surface area contributed by atoms with Gasteiger partial charge in [-0.15, -0.1) is 0 Å². The molecule has 0 amide bonds. The standard InChI is InChI=1S/C23H19N5O5S/c1-34(31,32)16-4-2-15(3-5-16)33-20-11-18-17(26-23(27-18)19-12-24-8-9-25-19)10-14(20)13-28-21(29)6-7-22(28)30/h2-12,29-30H,13H2,1H3,(H,26,27). The third-order valence-electron chi connectivity index (χ3n) is 5.21. The van der Waals surface area contributed by atoms with Crippen LogP contribution < -0.4 is 4.74 Å². The molecule has 10 nitrogen and oxygen atoms in total. The van der Waals surface area contributed by atoms with Crippen LogP contribution >= 0.6 is 0 Å². The minimum Gasteiger partial charge on any atom is -0.494 e. The Balaban J connectivity index is 1.58. The lowest BCUT2D eigenvalue weighted by molar-refractivity contribution is 0.375. The summed E-state index contributed by atoms with van der Waals surface area (Å²) in [5, 5.41) is 20.2. The molecule has 11 heteroatoms. The number of hydrogen-bond acceptors (Lipinski definition) is 8. The number of rotatable bonds is 6.